The number of carbonyl (C=O) groups excluding carboxylic acids is 2. The maximum Gasteiger partial charge on any atom is 0.233 e. The molecule has 2 N–H and O–H groups in total. The van der Waals surface area contributed by atoms with Crippen molar-refractivity contribution in [3.8, 4) is 5.75 Å². The van der Waals surface area contributed by atoms with Crippen LogP contribution < -0.4 is 10.1 Å². The topological polar surface area (TPSA) is 82.1 Å². The molecule has 0 saturated carbocycles. The summed E-state index contributed by atoms with van der Waals surface area (Å²) in [5.74, 6) is 0.0706. The number of nitrogens with one attached hydrogen (secondary N) is 1. The molecule has 1 aromatic rings. The quantitative estimate of drug-likeness (QED) is 0.742. The predicted molar refractivity (Wildman–Crippen MR) is 90.9 cm³/mol. The molecule has 1 heterocycles. The second-order valence-electron chi connectivity index (χ2n) is 6.19. The Balaban J connectivity index is 1.91. The maximum atomic E-state index is 12.4. The van der Waals surface area contributed by atoms with Gasteiger partial charge in [0, 0.05) is 18.3 Å². The van der Waals surface area contributed by atoms with Gasteiger partial charge in [-0.25, -0.2) is 0 Å². The second-order valence-corrected chi connectivity index (χ2v) is 6.19. The van der Waals surface area contributed by atoms with Crippen LogP contribution in [0.1, 0.15) is 12.8 Å². The number of ether oxygens (including phenoxy) is 1. The van der Waals surface area contributed by atoms with Crippen LogP contribution in [0.15, 0.2) is 24.3 Å². The predicted octanol–water partition coefficient (Wildman–Crippen LogP) is 0.547. The normalized spacial score (nSPS) is 20.3. The number of hydrogen-bond acceptors (Lipinski definition) is 5. The first-order valence-electron chi connectivity index (χ1n) is 7.95. The van der Waals surface area contributed by atoms with E-state index in [1.807, 2.05) is 19.0 Å². The lowest BCUT2D eigenvalue weighted by Gasteiger charge is -2.23. The lowest BCUT2D eigenvalue weighted by Crippen LogP contribution is -2.40. The second kappa shape index (κ2) is 8.12. The molecule has 2 unspecified atom stereocenters. The first kappa shape index (κ1) is 18.2. The zero-order chi connectivity index (χ0) is 17.7. The Morgan fingerprint density at radius 2 is 2.00 bits per heavy atom. The molecule has 7 heteroatoms. The number of carbonyl (C=O) groups is 2. The van der Waals surface area contributed by atoms with E-state index in [0.29, 0.717) is 18.0 Å². The van der Waals surface area contributed by atoms with Crippen molar-refractivity contribution in [1.82, 2.24) is 9.80 Å². The molecule has 0 aliphatic carbocycles. The van der Waals surface area contributed by atoms with Gasteiger partial charge in [0.1, 0.15) is 12.2 Å². The number of aliphatic hydroxyl groups is 1. The lowest BCUT2D eigenvalue weighted by molar-refractivity contribution is -0.136. The van der Waals surface area contributed by atoms with Crippen molar-refractivity contribution >= 4 is 17.5 Å². The number of likely N-dealkylation sites (N-methyl/N-ethyl adjacent to an activating group) is 1. The molecule has 1 fully saturated rings. The van der Waals surface area contributed by atoms with Crippen LogP contribution in [0, 0.1) is 0 Å². The molecule has 0 radical (unpaired) electrons. The number of amides is 2. The van der Waals surface area contributed by atoms with Gasteiger partial charge in [0.25, 0.3) is 0 Å². The largest absolute Gasteiger partial charge is 0.497 e. The molecular weight excluding hydrogens is 310 g/mol. The van der Waals surface area contributed by atoms with E-state index in [1.54, 1.807) is 36.3 Å². The average Bonchev–Trinajstić information content (AvgIpc) is 3.00. The Hall–Kier alpha value is -2.12. The Morgan fingerprint density at radius 3 is 2.54 bits per heavy atom. The molecule has 1 aliphatic rings. The third-order valence-corrected chi connectivity index (χ3v) is 4.34. The van der Waals surface area contributed by atoms with Crippen molar-refractivity contribution in [1.29, 1.82) is 0 Å². The van der Waals surface area contributed by atoms with Gasteiger partial charge in [-0.3, -0.25) is 9.59 Å². The number of hydrogen-bond donors (Lipinski definition) is 2. The van der Waals surface area contributed by atoms with Gasteiger partial charge >= 0.3 is 0 Å². The van der Waals surface area contributed by atoms with Gasteiger partial charge in [-0.15, -0.1) is 0 Å². The third kappa shape index (κ3) is 4.46. The highest BCUT2D eigenvalue weighted by Crippen LogP contribution is 2.22. The van der Waals surface area contributed by atoms with Crippen LogP contribution in [-0.4, -0.2) is 73.2 Å². The molecule has 1 aromatic carbocycles. The Labute approximate surface area is 142 Å². The zero-order valence-electron chi connectivity index (χ0n) is 14.4. The Bertz CT molecular complexity index is 574. The maximum absolute atomic E-state index is 12.4. The van der Waals surface area contributed by atoms with Crippen LogP contribution in [0.3, 0.4) is 0 Å². The highest BCUT2D eigenvalue weighted by Gasteiger charge is 2.36. The van der Waals surface area contributed by atoms with Crippen molar-refractivity contribution in [3.05, 3.63) is 24.3 Å². The van der Waals surface area contributed by atoms with Crippen LogP contribution in [-0.2, 0) is 9.59 Å². The fourth-order valence-corrected chi connectivity index (χ4v) is 2.86. The third-order valence-electron chi connectivity index (χ3n) is 4.34. The summed E-state index contributed by atoms with van der Waals surface area (Å²) in [4.78, 5) is 28.1. The molecule has 7 nitrogen and oxygen atoms in total. The minimum absolute atomic E-state index is 0.0871. The summed E-state index contributed by atoms with van der Waals surface area (Å²) >= 11 is 0. The van der Waals surface area contributed by atoms with E-state index in [1.165, 1.54) is 0 Å². The van der Waals surface area contributed by atoms with E-state index in [4.69, 9.17) is 4.74 Å². The molecule has 2 amide bonds. The molecule has 0 aromatic heterocycles. The number of nitrogens with zero attached hydrogens (tertiary/aromatic N) is 2. The van der Waals surface area contributed by atoms with Crippen LogP contribution in [0.25, 0.3) is 0 Å². The molecule has 0 bridgehead atoms. The molecule has 1 aliphatic heterocycles. The Kier molecular flexibility index (Phi) is 6.16. The van der Waals surface area contributed by atoms with Gasteiger partial charge in [0.05, 0.1) is 19.8 Å². The van der Waals surface area contributed by atoms with Gasteiger partial charge < -0.3 is 25.0 Å². The molecule has 24 heavy (non-hydrogen) atoms. The summed E-state index contributed by atoms with van der Waals surface area (Å²) in [5.41, 5.74) is 0.611. The van der Waals surface area contributed by atoms with Crippen molar-refractivity contribution in [2.24, 2.45) is 0 Å². The van der Waals surface area contributed by atoms with Crippen molar-refractivity contribution in [3.63, 3.8) is 0 Å². The monoisotopic (exact) mass is 335 g/mol. The molecule has 2 rings (SSSR count). The number of methoxy groups -OCH3 is 1. The molecule has 2 atom stereocenters. The number of likely N-dealkylation sites (tertiary alicyclic amines) is 1. The zero-order valence-corrected chi connectivity index (χ0v) is 14.4. The van der Waals surface area contributed by atoms with Gasteiger partial charge in [0.15, 0.2) is 0 Å². The number of rotatable bonds is 6. The fourth-order valence-electron chi connectivity index (χ4n) is 2.86. The van der Waals surface area contributed by atoms with Crippen LogP contribution >= 0.6 is 0 Å². The summed E-state index contributed by atoms with van der Waals surface area (Å²) in [6, 6.07) is 6.89. The summed E-state index contributed by atoms with van der Waals surface area (Å²) in [6.07, 6.45) is 0.484. The standard InChI is InChI=1S/C17H25N3O4/c1-19(2)13-8-14(11-21)20(10-13)17(23)9-16(22)18-12-4-6-15(24-3)7-5-12/h4-7,13-14,21H,8-11H2,1-3H3,(H,18,22). The van der Waals surface area contributed by atoms with E-state index in [-0.39, 0.29) is 36.9 Å². The van der Waals surface area contributed by atoms with E-state index < -0.39 is 0 Å². The molecule has 1 saturated heterocycles. The molecule has 0 spiro atoms. The van der Waals surface area contributed by atoms with E-state index in [0.717, 1.165) is 6.42 Å². The number of aliphatic hydroxyl groups excluding tert-OH is 1. The summed E-state index contributed by atoms with van der Waals surface area (Å²) in [6.45, 7) is 0.447. The number of anilines is 1. The van der Waals surface area contributed by atoms with Gasteiger partial charge in [-0.05, 0) is 44.8 Å². The van der Waals surface area contributed by atoms with Crippen LogP contribution in [0.2, 0.25) is 0 Å². The summed E-state index contributed by atoms with van der Waals surface area (Å²) in [7, 11) is 5.47. The van der Waals surface area contributed by atoms with Gasteiger partial charge in [0.2, 0.25) is 11.8 Å². The van der Waals surface area contributed by atoms with Crippen molar-refractivity contribution < 1.29 is 19.4 Å². The Morgan fingerprint density at radius 1 is 1.33 bits per heavy atom. The van der Waals surface area contributed by atoms with Gasteiger partial charge in [-0.2, -0.15) is 0 Å². The van der Waals surface area contributed by atoms with Crippen LogP contribution in [0.5, 0.6) is 5.75 Å². The minimum Gasteiger partial charge on any atom is -0.497 e. The lowest BCUT2D eigenvalue weighted by atomic mass is 10.1. The van der Waals surface area contributed by atoms with E-state index in [2.05, 4.69) is 5.32 Å². The van der Waals surface area contributed by atoms with Crippen molar-refractivity contribution in [2.45, 2.75) is 24.9 Å². The first-order chi connectivity index (χ1) is 11.4. The summed E-state index contributed by atoms with van der Waals surface area (Å²) in [5, 5.41) is 12.2. The highest BCUT2D eigenvalue weighted by molar-refractivity contribution is 6.03. The van der Waals surface area contributed by atoms with Crippen LogP contribution in [0.4, 0.5) is 5.69 Å². The highest BCUT2D eigenvalue weighted by atomic mass is 16.5. The number of benzene rings is 1. The molecule has 132 valence electrons. The fraction of sp³-hybridized carbons (Fsp3) is 0.529. The summed E-state index contributed by atoms with van der Waals surface area (Å²) < 4.78 is 5.06. The van der Waals surface area contributed by atoms with E-state index >= 15 is 0 Å². The first-order valence-corrected chi connectivity index (χ1v) is 7.95. The van der Waals surface area contributed by atoms with Crippen molar-refractivity contribution in [2.75, 3.05) is 39.7 Å². The molecular formula is C17H25N3O4. The minimum atomic E-state index is -0.366. The average molecular weight is 335 g/mol. The van der Waals surface area contributed by atoms with Gasteiger partial charge in [-0.1, -0.05) is 0 Å². The smallest absolute Gasteiger partial charge is 0.233 e. The van der Waals surface area contributed by atoms with E-state index in [9.17, 15) is 14.7 Å². The SMILES string of the molecule is COc1ccc(NC(=O)CC(=O)N2CC(N(C)C)CC2CO)cc1.